The van der Waals surface area contributed by atoms with Crippen molar-refractivity contribution < 1.29 is 9.59 Å². The summed E-state index contributed by atoms with van der Waals surface area (Å²) in [6.45, 7) is 3.55. The van der Waals surface area contributed by atoms with Gasteiger partial charge in [-0.15, -0.1) is 10.2 Å². The van der Waals surface area contributed by atoms with Crippen LogP contribution in [0.25, 0.3) is 11.3 Å². The molecule has 0 unspecified atom stereocenters. The lowest BCUT2D eigenvalue weighted by Crippen LogP contribution is -2.48. The number of likely N-dealkylation sites (tertiary alicyclic amines) is 1. The van der Waals surface area contributed by atoms with Crippen molar-refractivity contribution in [2.24, 2.45) is 0 Å². The fourth-order valence-electron chi connectivity index (χ4n) is 4.83. The van der Waals surface area contributed by atoms with Crippen LogP contribution >= 0.6 is 0 Å². The summed E-state index contributed by atoms with van der Waals surface area (Å²) in [7, 11) is 0. The molecular formula is C25H25N5O2. The van der Waals surface area contributed by atoms with Gasteiger partial charge in [-0.3, -0.25) is 10.1 Å². The van der Waals surface area contributed by atoms with E-state index in [0.29, 0.717) is 25.5 Å². The zero-order valence-corrected chi connectivity index (χ0v) is 18.0. The standard InChI is InChI=1S/C25H25N5O2/c1-18(31)30-17-25(20-9-5-6-10-22(20)30)13-15-29(16-14-25)24(32)26-23-12-11-21(27-28-23)19-7-3-2-4-8-19/h2-12H,13-17H2,1H3,(H,26,28,32). The normalized spacial score (nSPS) is 16.7. The summed E-state index contributed by atoms with van der Waals surface area (Å²) in [6, 6.07) is 21.4. The number of hydrogen-bond donors (Lipinski definition) is 1. The zero-order valence-electron chi connectivity index (χ0n) is 18.0. The highest BCUT2D eigenvalue weighted by atomic mass is 16.2. The minimum absolute atomic E-state index is 0.0621. The summed E-state index contributed by atoms with van der Waals surface area (Å²) < 4.78 is 0. The van der Waals surface area contributed by atoms with Gasteiger partial charge in [0.1, 0.15) is 0 Å². The second kappa shape index (κ2) is 8.07. The summed E-state index contributed by atoms with van der Waals surface area (Å²) in [5.74, 6) is 0.496. The number of nitrogens with one attached hydrogen (secondary N) is 1. The molecule has 0 bridgehead atoms. The Labute approximate surface area is 187 Å². The predicted octanol–water partition coefficient (Wildman–Crippen LogP) is 4.08. The summed E-state index contributed by atoms with van der Waals surface area (Å²) in [6.07, 6.45) is 1.64. The highest BCUT2D eigenvalue weighted by Crippen LogP contribution is 2.46. The van der Waals surface area contributed by atoms with E-state index >= 15 is 0 Å². The predicted molar refractivity (Wildman–Crippen MR) is 123 cm³/mol. The first-order valence-electron chi connectivity index (χ1n) is 10.9. The molecule has 1 fully saturated rings. The van der Waals surface area contributed by atoms with Crippen LogP contribution in [0.4, 0.5) is 16.3 Å². The van der Waals surface area contributed by atoms with Crippen molar-refractivity contribution in [3.63, 3.8) is 0 Å². The van der Waals surface area contributed by atoms with Crippen molar-refractivity contribution in [2.75, 3.05) is 29.9 Å². The molecular weight excluding hydrogens is 402 g/mol. The van der Waals surface area contributed by atoms with Gasteiger partial charge in [-0.2, -0.15) is 0 Å². The first kappa shape index (κ1) is 20.2. The molecule has 0 aliphatic carbocycles. The lowest BCUT2D eigenvalue weighted by atomic mass is 9.74. The topological polar surface area (TPSA) is 78.4 Å². The summed E-state index contributed by atoms with van der Waals surface area (Å²) in [5, 5.41) is 11.3. The Bertz CT molecular complexity index is 1140. The van der Waals surface area contributed by atoms with E-state index in [1.807, 2.05) is 64.4 Å². The Kier molecular flexibility index (Phi) is 5.09. The van der Waals surface area contributed by atoms with Crippen molar-refractivity contribution in [1.82, 2.24) is 15.1 Å². The van der Waals surface area contributed by atoms with Crippen LogP contribution in [0.5, 0.6) is 0 Å². The van der Waals surface area contributed by atoms with E-state index in [1.165, 1.54) is 5.56 Å². The fourth-order valence-corrected chi connectivity index (χ4v) is 4.83. The van der Waals surface area contributed by atoms with Crippen LogP contribution in [0.1, 0.15) is 25.3 Å². The Morgan fingerprint density at radius 2 is 1.62 bits per heavy atom. The van der Waals surface area contributed by atoms with Crippen LogP contribution in [0.2, 0.25) is 0 Å². The average Bonchev–Trinajstić information content (AvgIpc) is 3.15. The van der Waals surface area contributed by atoms with E-state index in [9.17, 15) is 9.59 Å². The van der Waals surface area contributed by atoms with Crippen molar-refractivity contribution in [1.29, 1.82) is 0 Å². The Balaban J connectivity index is 1.24. The van der Waals surface area contributed by atoms with Gasteiger partial charge in [0, 0.05) is 43.2 Å². The Morgan fingerprint density at radius 3 is 2.31 bits per heavy atom. The van der Waals surface area contributed by atoms with Crippen molar-refractivity contribution in [3.8, 4) is 11.3 Å². The molecule has 7 heteroatoms. The third-order valence-electron chi connectivity index (χ3n) is 6.58. The number of carbonyl (C=O) groups excluding carboxylic acids is 2. The molecule has 7 nitrogen and oxygen atoms in total. The molecule has 32 heavy (non-hydrogen) atoms. The number of piperidine rings is 1. The number of para-hydroxylation sites is 1. The lowest BCUT2D eigenvalue weighted by molar-refractivity contribution is -0.116. The Morgan fingerprint density at radius 1 is 0.906 bits per heavy atom. The molecule has 3 aromatic rings. The second-order valence-electron chi connectivity index (χ2n) is 8.49. The Hall–Kier alpha value is -3.74. The van der Waals surface area contributed by atoms with Gasteiger partial charge in [-0.1, -0.05) is 48.5 Å². The van der Waals surface area contributed by atoms with Crippen LogP contribution < -0.4 is 10.2 Å². The SMILES string of the molecule is CC(=O)N1CC2(CCN(C(=O)Nc3ccc(-c4ccccc4)nn3)CC2)c2ccccc21. The highest BCUT2D eigenvalue weighted by Gasteiger charge is 2.46. The number of fused-ring (bicyclic) bond motifs is 2. The molecule has 162 valence electrons. The zero-order chi connectivity index (χ0) is 22.1. The van der Waals surface area contributed by atoms with Crippen LogP contribution in [0, 0.1) is 0 Å². The third-order valence-corrected chi connectivity index (χ3v) is 6.58. The molecule has 2 aliphatic rings. The maximum atomic E-state index is 12.8. The van der Waals surface area contributed by atoms with Gasteiger partial charge in [-0.05, 0) is 36.6 Å². The average molecular weight is 428 g/mol. The molecule has 5 rings (SSSR count). The third kappa shape index (κ3) is 3.60. The van der Waals surface area contributed by atoms with E-state index in [0.717, 1.165) is 29.8 Å². The molecule has 1 aromatic heterocycles. The number of amides is 3. The molecule has 0 atom stereocenters. The first-order valence-corrected chi connectivity index (χ1v) is 10.9. The molecule has 3 amide bonds. The van der Waals surface area contributed by atoms with Crippen LogP contribution in [0.15, 0.2) is 66.7 Å². The smallest absolute Gasteiger partial charge is 0.323 e. The fraction of sp³-hybridized carbons (Fsp3) is 0.280. The molecule has 0 saturated carbocycles. The van der Waals surface area contributed by atoms with Crippen LogP contribution in [-0.4, -0.2) is 46.7 Å². The second-order valence-corrected chi connectivity index (χ2v) is 8.49. The summed E-state index contributed by atoms with van der Waals surface area (Å²) >= 11 is 0. The number of benzene rings is 2. The van der Waals surface area contributed by atoms with Gasteiger partial charge in [0.25, 0.3) is 0 Å². The maximum absolute atomic E-state index is 12.8. The monoisotopic (exact) mass is 427 g/mol. The number of rotatable bonds is 2. The molecule has 1 spiro atoms. The van der Waals surface area contributed by atoms with E-state index in [1.54, 1.807) is 13.0 Å². The van der Waals surface area contributed by atoms with Gasteiger partial charge in [-0.25, -0.2) is 4.79 Å². The number of carbonyl (C=O) groups is 2. The van der Waals surface area contributed by atoms with Gasteiger partial charge in [0.2, 0.25) is 5.91 Å². The molecule has 1 N–H and O–H groups in total. The van der Waals surface area contributed by atoms with E-state index in [4.69, 9.17) is 0 Å². The molecule has 0 radical (unpaired) electrons. The molecule has 2 aliphatic heterocycles. The number of urea groups is 1. The number of anilines is 2. The summed E-state index contributed by atoms with van der Waals surface area (Å²) in [5.41, 5.74) is 3.88. The minimum atomic E-state index is -0.170. The van der Waals surface area contributed by atoms with Crippen LogP contribution in [0.3, 0.4) is 0 Å². The minimum Gasteiger partial charge on any atom is -0.324 e. The van der Waals surface area contributed by atoms with Gasteiger partial charge in [0.05, 0.1) is 5.69 Å². The van der Waals surface area contributed by atoms with Crippen LogP contribution in [-0.2, 0) is 10.2 Å². The van der Waals surface area contributed by atoms with Gasteiger partial charge >= 0.3 is 6.03 Å². The lowest BCUT2D eigenvalue weighted by Gasteiger charge is -2.39. The first-order chi connectivity index (χ1) is 15.6. The molecule has 1 saturated heterocycles. The quantitative estimate of drug-likeness (QED) is 0.669. The largest absolute Gasteiger partial charge is 0.324 e. The van der Waals surface area contributed by atoms with E-state index in [2.05, 4.69) is 21.6 Å². The number of hydrogen-bond acceptors (Lipinski definition) is 4. The van der Waals surface area contributed by atoms with E-state index < -0.39 is 0 Å². The van der Waals surface area contributed by atoms with Crippen molar-refractivity contribution in [2.45, 2.75) is 25.2 Å². The van der Waals surface area contributed by atoms with Crippen molar-refractivity contribution >= 4 is 23.4 Å². The van der Waals surface area contributed by atoms with Crippen molar-refractivity contribution in [3.05, 3.63) is 72.3 Å². The molecule has 3 heterocycles. The van der Waals surface area contributed by atoms with E-state index in [-0.39, 0.29) is 17.4 Å². The van der Waals surface area contributed by atoms with Gasteiger partial charge < -0.3 is 9.80 Å². The molecule has 2 aromatic carbocycles. The summed E-state index contributed by atoms with van der Waals surface area (Å²) in [4.78, 5) is 28.7. The maximum Gasteiger partial charge on any atom is 0.323 e. The van der Waals surface area contributed by atoms with Gasteiger partial charge in [0.15, 0.2) is 5.82 Å². The highest BCUT2D eigenvalue weighted by molar-refractivity contribution is 5.95. The number of aromatic nitrogens is 2. The number of nitrogens with zero attached hydrogens (tertiary/aromatic N) is 4.